The Morgan fingerprint density at radius 3 is 2.79 bits per heavy atom. The highest BCUT2D eigenvalue weighted by atomic mass is 19.4. The molecule has 4 nitrogen and oxygen atoms in total. The lowest BCUT2D eigenvalue weighted by molar-refractivity contribution is -0.163. The van der Waals surface area contributed by atoms with E-state index in [1.54, 1.807) is 7.11 Å². The Balaban J connectivity index is 1.93. The lowest BCUT2D eigenvalue weighted by Gasteiger charge is -2.33. The number of halogens is 3. The lowest BCUT2D eigenvalue weighted by atomic mass is 9.87. The van der Waals surface area contributed by atoms with Gasteiger partial charge in [0.25, 0.3) is 0 Å². The van der Waals surface area contributed by atoms with E-state index in [9.17, 15) is 13.2 Å². The van der Waals surface area contributed by atoms with Crippen LogP contribution in [0.25, 0.3) is 5.69 Å². The van der Waals surface area contributed by atoms with E-state index in [1.807, 2.05) is 30.2 Å². The summed E-state index contributed by atoms with van der Waals surface area (Å²) in [6.45, 7) is 2.81. The summed E-state index contributed by atoms with van der Waals surface area (Å²) in [7, 11) is 1.66. The van der Waals surface area contributed by atoms with Gasteiger partial charge in [-0.05, 0) is 42.5 Å². The van der Waals surface area contributed by atoms with Gasteiger partial charge in [0.2, 0.25) is 0 Å². The zero-order chi connectivity index (χ0) is 17.3. The van der Waals surface area contributed by atoms with Crippen molar-refractivity contribution in [2.45, 2.75) is 38.4 Å². The van der Waals surface area contributed by atoms with Gasteiger partial charge in [-0.2, -0.15) is 18.2 Å². The van der Waals surface area contributed by atoms with E-state index < -0.39 is 11.9 Å². The molecule has 0 saturated carbocycles. The number of hydrogen-bond donors (Lipinski definition) is 0. The Morgan fingerprint density at radius 1 is 1.38 bits per heavy atom. The van der Waals surface area contributed by atoms with Gasteiger partial charge in [0.05, 0.1) is 19.5 Å². The van der Waals surface area contributed by atoms with E-state index in [2.05, 4.69) is 4.98 Å². The van der Waals surface area contributed by atoms with Gasteiger partial charge in [-0.1, -0.05) is 13.0 Å². The van der Waals surface area contributed by atoms with Crippen LogP contribution in [0.15, 0.2) is 30.7 Å². The molecule has 130 valence electrons. The largest absolute Gasteiger partial charge is 0.434 e. The van der Waals surface area contributed by atoms with Crippen molar-refractivity contribution in [3.63, 3.8) is 0 Å². The maximum Gasteiger partial charge on any atom is 0.434 e. The summed E-state index contributed by atoms with van der Waals surface area (Å²) in [5.41, 5.74) is 2.15. The molecule has 3 rings (SSSR count). The first kappa shape index (κ1) is 17.0. The number of alkyl halides is 3. The first-order valence-electron chi connectivity index (χ1n) is 7.99. The zero-order valence-electron chi connectivity index (χ0n) is 13.7. The molecular weight excluding hydrogens is 319 g/mol. The van der Waals surface area contributed by atoms with Crippen molar-refractivity contribution < 1.29 is 18.0 Å². The molecule has 0 bridgehead atoms. The fourth-order valence-corrected chi connectivity index (χ4v) is 3.32. The van der Waals surface area contributed by atoms with Crippen LogP contribution in [-0.4, -0.2) is 28.3 Å². The van der Waals surface area contributed by atoms with Crippen LogP contribution in [0.2, 0.25) is 0 Å². The van der Waals surface area contributed by atoms with Gasteiger partial charge in [0.1, 0.15) is 0 Å². The molecule has 7 heteroatoms. The van der Waals surface area contributed by atoms with Gasteiger partial charge in [-0.25, -0.2) is 4.98 Å². The van der Waals surface area contributed by atoms with Crippen molar-refractivity contribution in [2.24, 2.45) is 0 Å². The van der Waals surface area contributed by atoms with Crippen LogP contribution in [-0.2, 0) is 17.4 Å². The second kappa shape index (κ2) is 6.57. The maximum atomic E-state index is 12.7. The van der Waals surface area contributed by atoms with Crippen molar-refractivity contribution >= 4 is 0 Å². The Kier molecular flexibility index (Phi) is 4.64. The number of aromatic nitrogens is 2. The van der Waals surface area contributed by atoms with E-state index in [1.165, 1.54) is 16.5 Å². The summed E-state index contributed by atoms with van der Waals surface area (Å²) in [5, 5.41) is 1.94. The molecule has 1 aliphatic rings. The number of benzene rings is 1. The van der Waals surface area contributed by atoms with Crippen LogP contribution in [0.1, 0.15) is 42.6 Å². The van der Waals surface area contributed by atoms with Gasteiger partial charge < -0.3 is 9.40 Å². The topological polar surface area (TPSA) is 30.3 Å². The SMILES string of the molecule is CCN(OC)C1CCCc2cc(-n3cnc(C(F)(F)F)c3)ccc21. The van der Waals surface area contributed by atoms with E-state index in [4.69, 9.17) is 4.84 Å². The molecular formula is C17H20F3N3O. The number of imidazole rings is 1. The van der Waals surface area contributed by atoms with E-state index in [0.29, 0.717) is 5.69 Å². The quantitative estimate of drug-likeness (QED) is 0.784. The lowest BCUT2D eigenvalue weighted by Crippen LogP contribution is -2.30. The average molecular weight is 339 g/mol. The summed E-state index contributed by atoms with van der Waals surface area (Å²) in [6, 6.07) is 5.96. The van der Waals surface area contributed by atoms with E-state index >= 15 is 0 Å². The van der Waals surface area contributed by atoms with Crippen molar-refractivity contribution in [1.82, 2.24) is 14.6 Å². The molecule has 2 aromatic rings. The molecule has 1 unspecified atom stereocenters. The summed E-state index contributed by atoms with van der Waals surface area (Å²) in [6.07, 6.45) is 0.760. The van der Waals surface area contributed by atoms with Crippen molar-refractivity contribution in [3.8, 4) is 5.69 Å². The highest BCUT2D eigenvalue weighted by Crippen LogP contribution is 2.35. The molecule has 0 fully saturated rings. The van der Waals surface area contributed by atoms with Crippen LogP contribution < -0.4 is 0 Å². The molecule has 0 spiro atoms. The summed E-state index contributed by atoms with van der Waals surface area (Å²) < 4.78 is 39.6. The third kappa shape index (κ3) is 3.18. The first-order valence-corrected chi connectivity index (χ1v) is 7.99. The first-order chi connectivity index (χ1) is 11.4. The van der Waals surface area contributed by atoms with Gasteiger partial charge in [0.15, 0.2) is 5.69 Å². The number of hydrogen-bond acceptors (Lipinski definition) is 3. The van der Waals surface area contributed by atoms with Crippen molar-refractivity contribution in [2.75, 3.05) is 13.7 Å². The minimum absolute atomic E-state index is 0.186. The number of rotatable bonds is 4. The molecule has 0 aliphatic heterocycles. The highest BCUT2D eigenvalue weighted by Gasteiger charge is 2.33. The minimum Gasteiger partial charge on any atom is -0.306 e. The van der Waals surface area contributed by atoms with Gasteiger partial charge in [-0.15, -0.1) is 0 Å². The normalized spacial score (nSPS) is 18.0. The highest BCUT2D eigenvalue weighted by molar-refractivity contribution is 5.43. The standard InChI is InChI=1S/C17H20F3N3O/c1-3-23(24-2)15-6-4-5-12-9-13(7-8-14(12)15)22-10-16(21-11-22)17(18,19)20/h7-11,15H,3-6H2,1-2H3. The Labute approximate surface area is 138 Å². The zero-order valence-corrected chi connectivity index (χ0v) is 13.7. The molecule has 1 aliphatic carbocycles. The molecule has 1 aromatic carbocycles. The molecule has 24 heavy (non-hydrogen) atoms. The predicted molar refractivity (Wildman–Crippen MR) is 83.6 cm³/mol. The predicted octanol–water partition coefficient (Wildman–Crippen LogP) is 4.15. The monoisotopic (exact) mass is 339 g/mol. The molecule has 0 amide bonds. The summed E-state index contributed by atoms with van der Waals surface area (Å²) in [5.74, 6) is 0. The van der Waals surface area contributed by atoms with Crippen molar-refractivity contribution in [3.05, 3.63) is 47.5 Å². The van der Waals surface area contributed by atoms with Crippen LogP contribution in [0.4, 0.5) is 13.2 Å². The third-order valence-corrected chi connectivity index (χ3v) is 4.47. The minimum atomic E-state index is -4.43. The Morgan fingerprint density at radius 2 is 2.17 bits per heavy atom. The molecule has 0 saturated heterocycles. The second-order valence-corrected chi connectivity index (χ2v) is 5.87. The Bertz CT molecular complexity index is 707. The molecule has 0 N–H and O–H groups in total. The summed E-state index contributed by atoms with van der Waals surface area (Å²) in [4.78, 5) is 8.90. The Hall–Kier alpha value is -1.86. The van der Waals surface area contributed by atoms with Gasteiger partial charge in [0, 0.05) is 18.4 Å². The van der Waals surface area contributed by atoms with Crippen LogP contribution in [0, 0.1) is 0 Å². The van der Waals surface area contributed by atoms with Gasteiger partial charge in [-0.3, -0.25) is 0 Å². The summed E-state index contributed by atoms with van der Waals surface area (Å²) >= 11 is 0. The smallest absolute Gasteiger partial charge is 0.306 e. The fourth-order valence-electron chi connectivity index (χ4n) is 3.32. The number of nitrogens with zero attached hydrogens (tertiary/aromatic N) is 3. The maximum absolute atomic E-state index is 12.7. The van der Waals surface area contributed by atoms with Crippen LogP contribution in [0.5, 0.6) is 0 Å². The van der Waals surface area contributed by atoms with Gasteiger partial charge >= 0.3 is 6.18 Å². The molecule has 1 heterocycles. The van der Waals surface area contributed by atoms with Crippen molar-refractivity contribution in [1.29, 1.82) is 0 Å². The number of hydroxylamine groups is 2. The third-order valence-electron chi connectivity index (χ3n) is 4.47. The molecule has 1 atom stereocenters. The fraction of sp³-hybridized carbons (Fsp3) is 0.471. The average Bonchev–Trinajstić information content (AvgIpc) is 3.06. The van der Waals surface area contributed by atoms with Crippen LogP contribution >= 0.6 is 0 Å². The number of fused-ring (bicyclic) bond motifs is 1. The second-order valence-electron chi connectivity index (χ2n) is 5.87. The number of aryl methyl sites for hydroxylation is 1. The van der Waals surface area contributed by atoms with E-state index in [-0.39, 0.29) is 6.04 Å². The molecule has 1 aromatic heterocycles. The molecule has 0 radical (unpaired) electrons. The van der Waals surface area contributed by atoms with Crippen LogP contribution in [0.3, 0.4) is 0 Å². The van der Waals surface area contributed by atoms with E-state index in [0.717, 1.165) is 37.6 Å².